The van der Waals surface area contributed by atoms with Gasteiger partial charge in [0.2, 0.25) is 0 Å². The first-order chi connectivity index (χ1) is 23.6. The molecule has 0 radical (unpaired) electrons. The van der Waals surface area contributed by atoms with Gasteiger partial charge in [0.1, 0.15) is 11.5 Å². The van der Waals surface area contributed by atoms with Gasteiger partial charge in [-0.25, -0.2) is 0 Å². The molecule has 10 rings (SSSR count). The third-order valence-corrected chi connectivity index (χ3v) is 15.4. The smallest absolute Gasteiger partial charge is 0.394 e. The van der Waals surface area contributed by atoms with Crippen molar-refractivity contribution in [2.75, 3.05) is 0 Å². The van der Waals surface area contributed by atoms with Gasteiger partial charge in [0.25, 0.3) is 0 Å². The third-order valence-electron chi connectivity index (χ3n) is 14.8. The molecule has 0 saturated heterocycles. The lowest BCUT2D eigenvalue weighted by atomic mass is 9.24. The first-order valence-electron chi connectivity index (χ1n) is 16.8. The molecule has 2 nitrogen and oxygen atoms in total. The minimum atomic E-state index is -5.31. The predicted octanol–water partition coefficient (Wildman–Crippen LogP) is 12.5. The van der Waals surface area contributed by atoms with E-state index in [4.69, 9.17) is 23.2 Å². The molecule has 0 aliphatic heterocycles. The molecule has 286 valence electrons. The van der Waals surface area contributed by atoms with Crippen molar-refractivity contribution in [3.63, 3.8) is 0 Å². The van der Waals surface area contributed by atoms with Gasteiger partial charge in [0.05, 0.1) is 31.7 Å². The molecule has 52 heavy (non-hydrogen) atoms. The second-order valence-electron chi connectivity index (χ2n) is 17.7. The second kappa shape index (κ2) is 9.95. The maximum absolute atomic E-state index is 15.6. The van der Waals surface area contributed by atoms with Gasteiger partial charge in [-0.3, -0.25) is 0 Å². The van der Waals surface area contributed by atoms with Crippen LogP contribution in [0.3, 0.4) is 0 Å². The number of aromatic hydroxyl groups is 2. The largest absolute Gasteiger partial charge is 0.506 e. The molecule has 2 N–H and O–H groups in total. The van der Waals surface area contributed by atoms with Crippen LogP contribution in [0.5, 0.6) is 11.5 Å². The van der Waals surface area contributed by atoms with Crippen LogP contribution in [-0.2, 0) is 10.8 Å². The summed E-state index contributed by atoms with van der Waals surface area (Å²) >= 11 is 12.3. The molecular weight excluding hydrogens is 763 g/mol. The zero-order valence-electron chi connectivity index (χ0n) is 27.1. The number of phenolic OH excluding ortho intramolecular Hbond substituents is 2. The van der Waals surface area contributed by atoms with Crippen LogP contribution in [0.2, 0.25) is 10.0 Å². The molecule has 0 heterocycles. The van der Waals surface area contributed by atoms with E-state index in [0.717, 1.165) is 36.4 Å². The van der Waals surface area contributed by atoms with Crippen LogP contribution in [0, 0.1) is 32.5 Å². The van der Waals surface area contributed by atoms with Crippen molar-refractivity contribution in [3.05, 3.63) is 57.6 Å². The summed E-state index contributed by atoms with van der Waals surface area (Å²) in [5.41, 5.74) is -21.2. The van der Waals surface area contributed by atoms with Crippen LogP contribution in [0.1, 0.15) is 88.2 Å². The van der Waals surface area contributed by atoms with Gasteiger partial charge in [0.15, 0.2) is 0 Å². The number of alkyl halides is 12. The van der Waals surface area contributed by atoms with Gasteiger partial charge >= 0.3 is 24.7 Å². The Hall–Kier alpha value is -2.22. The summed E-state index contributed by atoms with van der Waals surface area (Å²) in [6.45, 7) is 0. The van der Waals surface area contributed by atoms with Crippen LogP contribution >= 0.6 is 23.2 Å². The fraction of sp³-hybridized carbons (Fsp3) is 0.667. The lowest BCUT2D eigenvalue weighted by Crippen LogP contribution is -2.77. The van der Waals surface area contributed by atoms with Crippen LogP contribution in [0.15, 0.2) is 36.4 Å². The minimum Gasteiger partial charge on any atom is -0.506 e. The maximum atomic E-state index is 15.6. The quantitative estimate of drug-likeness (QED) is 0.304. The van der Waals surface area contributed by atoms with E-state index in [1.165, 1.54) is 0 Å². The van der Waals surface area contributed by atoms with Crippen molar-refractivity contribution in [2.45, 2.75) is 113 Å². The maximum Gasteiger partial charge on any atom is 0.394 e. The van der Waals surface area contributed by atoms with Gasteiger partial charge in [-0.1, -0.05) is 35.3 Å². The predicted molar refractivity (Wildman–Crippen MR) is 164 cm³/mol. The first kappa shape index (κ1) is 36.7. The number of rotatable bonds is 3. The molecule has 0 aromatic heterocycles. The zero-order chi connectivity index (χ0) is 38.2. The number of hydrogen-bond acceptors (Lipinski definition) is 2. The van der Waals surface area contributed by atoms with E-state index < -0.39 is 157 Å². The minimum absolute atomic E-state index is 0.0816. The van der Waals surface area contributed by atoms with E-state index in [2.05, 4.69) is 0 Å². The second-order valence-corrected chi connectivity index (χ2v) is 18.5. The number of halogens is 14. The average molecular weight is 796 g/mol. The highest BCUT2D eigenvalue weighted by Crippen LogP contribution is 2.89. The number of hydrogen-bond donors (Lipinski definition) is 2. The van der Waals surface area contributed by atoms with Gasteiger partial charge in [0, 0.05) is 0 Å². The van der Waals surface area contributed by atoms with Gasteiger partial charge in [-0.15, -0.1) is 0 Å². The highest BCUT2D eigenvalue weighted by Gasteiger charge is 2.87. The Morgan fingerprint density at radius 2 is 0.673 bits per heavy atom. The Balaban J connectivity index is 1.45. The Bertz CT molecular complexity index is 1670. The Morgan fingerprint density at radius 1 is 0.404 bits per heavy atom. The highest BCUT2D eigenvalue weighted by molar-refractivity contribution is 6.32. The van der Waals surface area contributed by atoms with Crippen LogP contribution < -0.4 is 0 Å². The summed E-state index contributed by atoms with van der Waals surface area (Å²) in [4.78, 5) is 0. The Labute approximate surface area is 299 Å². The summed E-state index contributed by atoms with van der Waals surface area (Å²) < 4.78 is 188. The van der Waals surface area contributed by atoms with Crippen molar-refractivity contribution >= 4 is 23.2 Å². The number of benzene rings is 2. The summed E-state index contributed by atoms with van der Waals surface area (Å²) in [5.74, 6) is -1.01. The van der Waals surface area contributed by atoms with Crippen molar-refractivity contribution < 1.29 is 62.9 Å². The van der Waals surface area contributed by atoms with Crippen molar-refractivity contribution in [1.82, 2.24) is 0 Å². The highest BCUT2D eigenvalue weighted by atomic mass is 35.5. The van der Waals surface area contributed by atoms with Crippen LogP contribution in [0.4, 0.5) is 52.7 Å². The van der Waals surface area contributed by atoms with Crippen LogP contribution in [-0.4, -0.2) is 34.9 Å². The standard InChI is InChI=1S/C36H32Cl2F12O2/c37-21-5-19(1-3-23(21)51)25-7-27(13-29(9-25,33(39,40)41)17-30(10-25,14-27)34(42,43)44)28-8-26(20-2-4-24(52)22(38)6-20)11-31(15-28,35(45,46)47)18-32(12-26,16-28)36(48,49)50/h1-6,51-52H,7-18H2. The van der Waals surface area contributed by atoms with Gasteiger partial charge < -0.3 is 10.2 Å². The van der Waals surface area contributed by atoms with E-state index >= 15 is 52.7 Å². The summed E-state index contributed by atoms with van der Waals surface area (Å²) in [6, 6.07) is 6.50. The van der Waals surface area contributed by atoms with E-state index in [1.807, 2.05) is 0 Å². The molecule has 2 aromatic rings. The van der Waals surface area contributed by atoms with Gasteiger partial charge in [-0.2, -0.15) is 52.7 Å². The molecule has 0 amide bonds. The number of phenols is 2. The molecule has 0 spiro atoms. The molecule has 4 unspecified atom stereocenters. The lowest BCUT2D eigenvalue weighted by Gasteiger charge is -2.80. The lowest BCUT2D eigenvalue weighted by molar-refractivity contribution is -0.406. The van der Waals surface area contributed by atoms with Crippen LogP contribution in [0.25, 0.3) is 0 Å². The molecule has 2 aromatic carbocycles. The topological polar surface area (TPSA) is 40.5 Å². The van der Waals surface area contributed by atoms with E-state index in [1.54, 1.807) is 0 Å². The van der Waals surface area contributed by atoms with E-state index in [-0.39, 0.29) is 21.2 Å². The molecule has 4 atom stereocenters. The SMILES string of the molecule is Oc1ccc(C23CC4(C(F)(F)F)CC(C(F)(F)F)(C2)CC(C25CC6(c7ccc(O)c(Cl)c7)CC(C(F)(F)F)(CC(C(F)(F)F)(C6)C2)C5)(C3)C4)cc1Cl. The summed E-state index contributed by atoms with van der Waals surface area (Å²) in [7, 11) is 0. The molecule has 8 aliphatic rings. The first-order valence-corrected chi connectivity index (χ1v) is 17.6. The van der Waals surface area contributed by atoms with Crippen molar-refractivity contribution in [3.8, 4) is 11.5 Å². The fourth-order valence-electron chi connectivity index (χ4n) is 13.9. The fourth-order valence-corrected chi connectivity index (χ4v) is 14.2. The molecule has 8 bridgehead atoms. The third kappa shape index (κ3) is 4.48. The van der Waals surface area contributed by atoms with E-state index in [9.17, 15) is 10.2 Å². The molecular formula is C36H32Cl2F12O2. The zero-order valence-corrected chi connectivity index (χ0v) is 28.6. The van der Waals surface area contributed by atoms with E-state index in [0.29, 0.717) is 0 Å². The van der Waals surface area contributed by atoms with Crippen molar-refractivity contribution in [1.29, 1.82) is 0 Å². The summed E-state index contributed by atoms with van der Waals surface area (Å²) in [6.07, 6.45) is -32.8. The normalized spacial score (nSPS) is 42.7. The Kier molecular flexibility index (Phi) is 7.03. The van der Waals surface area contributed by atoms with Crippen molar-refractivity contribution in [2.24, 2.45) is 32.5 Å². The molecule has 8 aliphatic carbocycles. The van der Waals surface area contributed by atoms with Gasteiger partial charge in [-0.05, 0) is 134 Å². The molecule has 16 heteroatoms. The molecule has 8 fully saturated rings. The molecule has 8 saturated carbocycles. The monoisotopic (exact) mass is 794 g/mol. The Morgan fingerprint density at radius 3 is 0.904 bits per heavy atom. The average Bonchev–Trinajstić information content (AvgIpc) is 2.96. The summed E-state index contributed by atoms with van der Waals surface area (Å²) in [5, 5.41) is 19.6.